The fourth-order valence-electron chi connectivity index (χ4n) is 4.62. The summed E-state index contributed by atoms with van der Waals surface area (Å²) >= 11 is 0. The molecule has 0 bridgehead atoms. The highest BCUT2D eigenvalue weighted by molar-refractivity contribution is 6.46. The van der Waals surface area contributed by atoms with Crippen molar-refractivity contribution in [2.45, 2.75) is 39.2 Å². The molecule has 0 radical (unpaired) electrons. The number of methoxy groups -OCH3 is 2. The summed E-state index contributed by atoms with van der Waals surface area (Å²) in [6.07, 6.45) is 2.02. The van der Waals surface area contributed by atoms with Crippen LogP contribution in [0.25, 0.3) is 5.76 Å². The van der Waals surface area contributed by atoms with Crippen LogP contribution in [0.3, 0.4) is 0 Å². The molecule has 2 heterocycles. The topological polar surface area (TPSA) is 89.2 Å². The van der Waals surface area contributed by atoms with Gasteiger partial charge in [-0.25, -0.2) is 0 Å². The van der Waals surface area contributed by atoms with Crippen molar-refractivity contribution in [2.75, 3.05) is 20.8 Å². The third kappa shape index (κ3) is 4.61. The van der Waals surface area contributed by atoms with Gasteiger partial charge in [-0.15, -0.1) is 0 Å². The molecule has 1 aliphatic rings. The zero-order chi connectivity index (χ0) is 26.0. The average Bonchev–Trinajstić information content (AvgIpc) is 3.49. The fraction of sp³-hybridized carbons (Fsp3) is 0.310. The number of rotatable bonds is 8. The lowest BCUT2D eigenvalue weighted by molar-refractivity contribution is -0.140. The highest BCUT2D eigenvalue weighted by atomic mass is 16.5. The predicted molar refractivity (Wildman–Crippen MR) is 136 cm³/mol. The number of aliphatic hydroxyl groups is 1. The minimum Gasteiger partial charge on any atom is -0.507 e. The molecule has 0 aliphatic carbocycles. The first-order chi connectivity index (χ1) is 17.3. The van der Waals surface area contributed by atoms with Crippen molar-refractivity contribution in [3.8, 4) is 11.5 Å². The quantitative estimate of drug-likeness (QED) is 0.259. The largest absolute Gasteiger partial charge is 0.507 e. The van der Waals surface area contributed by atoms with Crippen LogP contribution >= 0.6 is 0 Å². The number of Topliss-reactive ketones (excluding diaryl/α,β-unsaturated/α-hetero) is 1. The highest BCUT2D eigenvalue weighted by Gasteiger charge is 2.47. The molecule has 36 heavy (non-hydrogen) atoms. The number of ketones is 1. The second kappa shape index (κ2) is 10.3. The molecule has 1 aromatic heterocycles. The molecule has 7 heteroatoms. The van der Waals surface area contributed by atoms with E-state index >= 15 is 0 Å². The van der Waals surface area contributed by atoms with Crippen LogP contribution in [0.2, 0.25) is 0 Å². The van der Waals surface area contributed by atoms with Gasteiger partial charge in [0.05, 0.1) is 26.1 Å². The first kappa shape index (κ1) is 25.1. The summed E-state index contributed by atoms with van der Waals surface area (Å²) in [5.41, 5.74) is 3.13. The molecule has 0 spiro atoms. The Morgan fingerprint density at radius 2 is 1.81 bits per heavy atom. The number of amides is 1. The van der Waals surface area contributed by atoms with E-state index in [9.17, 15) is 14.7 Å². The van der Waals surface area contributed by atoms with Crippen molar-refractivity contribution in [1.82, 2.24) is 4.90 Å². The van der Waals surface area contributed by atoms with Crippen LogP contribution in [0.5, 0.6) is 11.5 Å². The summed E-state index contributed by atoms with van der Waals surface area (Å²) in [5, 5.41) is 11.5. The number of carbonyl (C=O) groups is 2. The molecule has 188 valence electrons. The van der Waals surface area contributed by atoms with E-state index in [1.807, 2.05) is 57.2 Å². The van der Waals surface area contributed by atoms with E-state index in [1.54, 1.807) is 26.4 Å². The standard InChI is InChI=1S/C29H31NO6/c1-17(2)21-16-22(18(3)15-24(21)35-5)27(31)25-26(23-7-6-14-36-23)30(29(33)28(25)32)13-12-19-8-10-20(34-4)11-9-19/h6-11,14-17,26,31H,12-13H2,1-5H3/b27-25+. The van der Waals surface area contributed by atoms with Gasteiger partial charge >= 0.3 is 0 Å². The van der Waals surface area contributed by atoms with E-state index in [1.165, 1.54) is 11.2 Å². The second-order valence-electron chi connectivity index (χ2n) is 9.17. The first-order valence-electron chi connectivity index (χ1n) is 11.9. The molecule has 1 atom stereocenters. The van der Waals surface area contributed by atoms with Crippen molar-refractivity contribution in [3.05, 3.63) is 88.4 Å². The Kier molecular flexibility index (Phi) is 7.20. The molecule has 4 rings (SSSR count). The zero-order valence-electron chi connectivity index (χ0n) is 21.2. The van der Waals surface area contributed by atoms with Crippen molar-refractivity contribution in [3.63, 3.8) is 0 Å². The Morgan fingerprint density at radius 3 is 2.39 bits per heavy atom. The minimum atomic E-state index is -0.831. The van der Waals surface area contributed by atoms with Crippen LogP contribution in [0, 0.1) is 6.92 Å². The monoisotopic (exact) mass is 489 g/mol. The maximum Gasteiger partial charge on any atom is 0.295 e. The Morgan fingerprint density at radius 1 is 1.08 bits per heavy atom. The van der Waals surface area contributed by atoms with Gasteiger partial charge in [0.2, 0.25) is 0 Å². The van der Waals surface area contributed by atoms with Crippen LogP contribution in [-0.2, 0) is 16.0 Å². The van der Waals surface area contributed by atoms with E-state index in [-0.39, 0.29) is 23.8 Å². The molecule has 3 aromatic rings. The van der Waals surface area contributed by atoms with Crippen LogP contribution in [-0.4, -0.2) is 42.5 Å². The van der Waals surface area contributed by atoms with Crippen LogP contribution in [0.1, 0.15) is 53.8 Å². The van der Waals surface area contributed by atoms with Crippen molar-refractivity contribution in [1.29, 1.82) is 0 Å². The molecular weight excluding hydrogens is 458 g/mol. The lowest BCUT2D eigenvalue weighted by Gasteiger charge is -2.23. The van der Waals surface area contributed by atoms with Crippen LogP contribution in [0.4, 0.5) is 0 Å². The van der Waals surface area contributed by atoms with E-state index in [2.05, 4.69) is 0 Å². The third-order valence-corrected chi connectivity index (χ3v) is 6.61. The van der Waals surface area contributed by atoms with Crippen LogP contribution in [0.15, 0.2) is 64.8 Å². The fourth-order valence-corrected chi connectivity index (χ4v) is 4.62. The zero-order valence-corrected chi connectivity index (χ0v) is 21.2. The maximum atomic E-state index is 13.3. The SMILES string of the molecule is COc1ccc(CCN2C(=O)C(=O)/C(=C(/O)c3cc(C(C)C)c(OC)cc3C)C2c2ccco2)cc1. The number of ether oxygens (including phenoxy) is 2. The van der Waals surface area contributed by atoms with Gasteiger partial charge in [-0.2, -0.15) is 0 Å². The van der Waals surface area contributed by atoms with Gasteiger partial charge < -0.3 is 23.9 Å². The molecular formula is C29H31NO6. The lowest BCUT2D eigenvalue weighted by atomic mass is 9.92. The Bertz CT molecular complexity index is 1290. The molecule has 0 saturated carbocycles. The molecule has 7 nitrogen and oxygen atoms in total. The Balaban J connectivity index is 1.77. The van der Waals surface area contributed by atoms with Gasteiger partial charge in [0.15, 0.2) is 0 Å². The molecule has 1 saturated heterocycles. The second-order valence-corrected chi connectivity index (χ2v) is 9.17. The number of aliphatic hydroxyl groups excluding tert-OH is 1. The molecule has 1 amide bonds. The van der Waals surface area contributed by atoms with Gasteiger partial charge in [0, 0.05) is 12.1 Å². The summed E-state index contributed by atoms with van der Waals surface area (Å²) in [4.78, 5) is 28.0. The molecule has 1 unspecified atom stereocenters. The predicted octanol–water partition coefficient (Wildman–Crippen LogP) is 5.39. The normalized spacial score (nSPS) is 17.2. The van der Waals surface area contributed by atoms with E-state index in [4.69, 9.17) is 13.9 Å². The third-order valence-electron chi connectivity index (χ3n) is 6.61. The van der Waals surface area contributed by atoms with Crippen molar-refractivity contribution in [2.24, 2.45) is 0 Å². The minimum absolute atomic E-state index is 0.0210. The van der Waals surface area contributed by atoms with E-state index in [0.717, 1.165) is 22.4 Å². The number of likely N-dealkylation sites (tertiary alicyclic amines) is 1. The first-order valence-corrected chi connectivity index (χ1v) is 11.9. The number of nitrogens with zero attached hydrogens (tertiary/aromatic N) is 1. The summed E-state index contributed by atoms with van der Waals surface area (Å²) in [6.45, 7) is 6.16. The number of aryl methyl sites for hydroxylation is 1. The summed E-state index contributed by atoms with van der Waals surface area (Å²) in [7, 11) is 3.21. The van der Waals surface area contributed by atoms with Crippen molar-refractivity contribution >= 4 is 17.4 Å². The lowest BCUT2D eigenvalue weighted by Crippen LogP contribution is -2.31. The highest BCUT2D eigenvalue weighted by Crippen LogP contribution is 2.41. The summed E-state index contributed by atoms with van der Waals surface area (Å²) < 4.78 is 16.4. The van der Waals surface area contributed by atoms with E-state index in [0.29, 0.717) is 23.5 Å². The average molecular weight is 490 g/mol. The summed E-state index contributed by atoms with van der Waals surface area (Å²) in [6, 6.07) is 13.8. The van der Waals surface area contributed by atoms with Gasteiger partial charge in [-0.05, 0) is 72.4 Å². The number of furan rings is 1. The molecule has 2 aromatic carbocycles. The number of hydrogen-bond acceptors (Lipinski definition) is 6. The number of benzene rings is 2. The van der Waals surface area contributed by atoms with Gasteiger partial charge in [0.25, 0.3) is 11.7 Å². The van der Waals surface area contributed by atoms with Crippen molar-refractivity contribution < 1.29 is 28.6 Å². The van der Waals surface area contributed by atoms with Crippen LogP contribution < -0.4 is 9.47 Å². The Labute approximate surface area is 210 Å². The number of hydrogen-bond donors (Lipinski definition) is 1. The molecule has 1 fully saturated rings. The number of carbonyl (C=O) groups excluding carboxylic acids is 2. The molecule has 1 aliphatic heterocycles. The maximum absolute atomic E-state index is 13.3. The Hall–Kier alpha value is -4.00. The van der Waals surface area contributed by atoms with Gasteiger partial charge in [-0.3, -0.25) is 9.59 Å². The summed E-state index contributed by atoms with van der Waals surface area (Å²) in [5.74, 6) is 0.378. The molecule has 1 N–H and O–H groups in total. The van der Waals surface area contributed by atoms with Gasteiger partial charge in [0.1, 0.15) is 29.1 Å². The van der Waals surface area contributed by atoms with Gasteiger partial charge in [-0.1, -0.05) is 26.0 Å². The van der Waals surface area contributed by atoms with E-state index < -0.39 is 17.7 Å². The smallest absolute Gasteiger partial charge is 0.295 e.